The lowest BCUT2D eigenvalue weighted by Crippen LogP contribution is -2.43. The van der Waals surface area contributed by atoms with Gasteiger partial charge in [0.15, 0.2) is 5.69 Å². The van der Waals surface area contributed by atoms with Crippen molar-refractivity contribution in [3.05, 3.63) is 71.9 Å². The van der Waals surface area contributed by atoms with E-state index in [-0.39, 0.29) is 5.91 Å². The summed E-state index contributed by atoms with van der Waals surface area (Å²) in [7, 11) is 2.17. The molecule has 0 atom stereocenters. The minimum atomic E-state index is -0.267. The average molecular weight is 456 g/mol. The zero-order chi connectivity index (χ0) is 23.5. The molecule has 1 aromatic carbocycles. The van der Waals surface area contributed by atoms with Gasteiger partial charge in [-0.2, -0.15) is 5.10 Å². The smallest absolute Gasteiger partial charge is 0.276 e. The number of carbonyl (C=O) groups is 1. The number of benzene rings is 1. The predicted molar refractivity (Wildman–Crippen MR) is 134 cm³/mol. The third-order valence-electron chi connectivity index (χ3n) is 6.35. The van der Waals surface area contributed by atoms with Crippen LogP contribution in [0.4, 0.5) is 5.69 Å². The highest BCUT2D eigenvalue weighted by atomic mass is 16.1. The topological polar surface area (TPSA) is 90.0 Å². The maximum atomic E-state index is 12.9. The van der Waals surface area contributed by atoms with Crippen molar-refractivity contribution in [3.8, 4) is 11.1 Å². The second kappa shape index (κ2) is 9.70. The Kier molecular flexibility index (Phi) is 6.33. The normalized spacial score (nSPS) is 15.0. The van der Waals surface area contributed by atoms with E-state index in [9.17, 15) is 4.79 Å². The molecule has 0 spiro atoms. The van der Waals surface area contributed by atoms with E-state index in [2.05, 4.69) is 48.4 Å². The highest BCUT2D eigenvalue weighted by Crippen LogP contribution is 2.26. The lowest BCUT2D eigenvalue weighted by Gasteiger charge is -2.32. The van der Waals surface area contributed by atoms with Crippen LogP contribution in [-0.4, -0.2) is 69.1 Å². The summed E-state index contributed by atoms with van der Waals surface area (Å²) in [4.78, 5) is 26.6. The van der Waals surface area contributed by atoms with E-state index in [0.717, 1.165) is 66.9 Å². The number of amides is 1. The van der Waals surface area contributed by atoms with Crippen molar-refractivity contribution in [3.63, 3.8) is 0 Å². The number of aromatic nitrogens is 4. The molecule has 3 aromatic heterocycles. The predicted octanol–water partition coefficient (Wildman–Crippen LogP) is 3.58. The van der Waals surface area contributed by atoms with Crippen molar-refractivity contribution >= 4 is 22.5 Å². The monoisotopic (exact) mass is 455 g/mol. The van der Waals surface area contributed by atoms with Crippen LogP contribution in [0.15, 0.2) is 55.0 Å². The van der Waals surface area contributed by atoms with Gasteiger partial charge in [-0.3, -0.25) is 24.8 Å². The van der Waals surface area contributed by atoms with Crippen LogP contribution in [0.1, 0.15) is 28.7 Å². The quantitative estimate of drug-likeness (QED) is 0.462. The number of rotatable bonds is 6. The Morgan fingerprint density at radius 2 is 1.88 bits per heavy atom. The molecule has 4 heterocycles. The zero-order valence-corrected chi connectivity index (χ0v) is 19.6. The fourth-order valence-corrected chi connectivity index (χ4v) is 4.26. The van der Waals surface area contributed by atoms with E-state index in [1.807, 2.05) is 49.6 Å². The number of carbonyl (C=O) groups excluding carboxylic acids is 1. The molecular formula is C26H29N7O. The van der Waals surface area contributed by atoms with Gasteiger partial charge in [-0.15, -0.1) is 0 Å². The van der Waals surface area contributed by atoms with Gasteiger partial charge in [0.25, 0.3) is 5.91 Å². The largest absolute Gasteiger partial charge is 0.319 e. The fourth-order valence-electron chi connectivity index (χ4n) is 4.26. The molecule has 4 aromatic rings. The molecule has 0 aliphatic carbocycles. The van der Waals surface area contributed by atoms with E-state index < -0.39 is 0 Å². The van der Waals surface area contributed by atoms with Crippen LogP contribution in [0.25, 0.3) is 22.0 Å². The van der Waals surface area contributed by atoms with Crippen LogP contribution in [0.3, 0.4) is 0 Å². The van der Waals surface area contributed by atoms with Gasteiger partial charge >= 0.3 is 0 Å². The standard InChI is InChI=1S/C26H29N7O/c1-3-21-5-6-22(16-28-21)29-26(34)25-23-13-19(4-7-24(23)30-31-25)20-12-18(14-27-15-20)17-33-10-8-32(2)9-11-33/h4-7,12-16H,3,8-11,17H2,1-2H3,(H,29,34)(H,30,31). The number of fused-ring (bicyclic) bond motifs is 1. The molecule has 0 unspecified atom stereocenters. The van der Waals surface area contributed by atoms with Crippen LogP contribution in [-0.2, 0) is 13.0 Å². The summed E-state index contributed by atoms with van der Waals surface area (Å²) in [5.41, 5.74) is 6.03. The van der Waals surface area contributed by atoms with Crippen LogP contribution in [0.2, 0.25) is 0 Å². The van der Waals surface area contributed by atoms with Gasteiger partial charge in [-0.05, 0) is 54.9 Å². The van der Waals surface area contributed by atoms with Crippen LogP contribution in [0.5, 0.6) is 0 Å². The van der Waals surface area contributed by atoms with Gasteiger partial charge in [0.1, 0.15) is 0 Å². The van der Waals surface area contributed by atoms with Gasteiger partial charge in [-0.1, -0.05) is 13.0 Å². The summed E-state index contributed by atoms with van der Waals surface area (Å²) < 4.78 is 0. The Hall–Kier alpha value is -3.62. The molecule has 0 radical (unpaired) electrons. The lowest BCUT2D eigenvalue weighted by molar-refractivity contribution is 0.102. The molecule has 1 fully saturated rings. The zero-order valence-electron chi connectivity index (χ0n) is 19.6. The number of nitrogens with zero attached hydrogens (tertiary/aromatic N) is 5. The first kappa shape index (κ1) is 22.2. The highest BCUT2D eigenvalue weighted by Gasteiger charge is 2.17. The minimum absolute atomic E-state index is 0.267. The molecule has 1 saturated heterocycles. The summed E-state index contributed by atoms with van der Waals surface area (Å²) in [5, 5.41) is 10.9. The summed E-state index contributed by atoms with van der Waals surface area (Å²) in [6.45, 7) is 7.25. The van der Waals surface area contributed by atoms with Crippen molar-refractivity contribution in [2.75, 3.05) is 38.5 Å². The van der Waals surface area contributed by atoms with Crippen molar-refractivity contribution in [2.45, 2.75) is 19.9 Å². The Morgan fingerprint density at radius 1 is 1.03 bits per heavy atom. The maximum Gasteiger partial charge on any atom is 0.276 e. The summed E-state index contributed by atoms with van der Waals surface area (Å²) in [5.74, 6) is -0.267. The molecule has 0 bridgehead atoms. The Bertz CT molecular complexity index is 1290. The Balaban J connectivity index is 1.36. The fraction of sp³-hybridized carbons (Fsp3) is 0.308. The second-order valence-corrected chi connectivity index (χ2v) is 8.84. The molecule has 1 aliphatic heterocycles. The lowest BCUT2D eigenvalue weighted by atomic mass is 10.0. The van der Waals surface area contributed by atoms with Gasteiger partial charge in [0.05, 0.1) is 17.4 Å². The van der Waals surface area contributed by atoms with Crippen molar-refractivity contribution < 1.29 is 4.79 Å². The minimum Gasteiger partial charge on any atom is -0.319 e. The number of hydrogen-bond acceptors (Lipinski definition) is 6. The number of pyridine rings is 2. The highest BCUT2D eigenvalue weighted by molar-refractivity contribution is 6.11. The van der Waals surface area contributed by atoms with Gasteiger partial charge in [0, 0.05) is 61.8 Å². The van der Waals surface area contributed by atoms with Gasteiger partial charge in [0.2, 0.25) is 0 Å². The average Bonchev–Trinajstić information content (AvgIpc) is 3.30. The number of anilines is 1. The molecule has 1 aliphatic rings. The number of hydrogen-bond donors (Lipinski definition) is 2. The van der Waals surface area contributed by atoms with Crippen LogP contribution < -0.4 is 5.32 Å². The van der Waals surface area contributed by atoms with E-state index in [0.29, 0.717) is 11.4 Å². The summed E-state index contributed by atoms with van der Waals surface area (Å²) in [6, 6.07) is 12.0. The Labute approximate surface area is 199 Å². The van der Waals surface area contributed by atoms with E-state index >= 15 is 0 Å². The second-order valence-electron chi connectivity index (χ2n) is 8.84. The molecule has 34 heavy (non-hydrogen) atoms. The number of piperazine rings is 1. The van der Waals surface area contributed by atoms with Crippen molar-refractivity contribution in [1.29, 1.82) is 0 Å². The molecule has 2 N–H and O–H groups in total. The van der Waals surface area contributed by atoms with Gasteiger partial charge in [-0.25, -0.2) is 0 Å². The van der Waals surface area contributed by atoms with Crippen LogP contribution in [0, 0.1) is 0 Å². The molecule has 174 valence electrons. The first-order chi connectivity index (χ1) is 16.6. The first-order valence-electron chi connectivity index (χ1n) is 11.7. The molecule has 0 saturated carbocycles. The number of aryl methyl sites for hydroxylation is 1. The summed E-state index contributed by atoms with van der Waals surface area (Å²) >= 11 is 0. The third kappa shape index (κ3) is 4.83. The SMILES string of the molecule is CCc1ccc(NC(=O)c2n[nH]c3ccc(-c4cncc(CN5CCN(C)CC5)c4)cc23)cn1. The van der Waals surface area contributed by atoms with E-state index in [4.69, 9.17) is 0 Å². The van der Waals surface area contributed by atoms with Gasteiger partial charge < -0.3 is 10.2 Å². The van der Waals surface area contributed by atoms with Crippen molar-refractivity contribution in [2.24, 2.45) is 0 Å². The number of H-pyrrole nitrogens is 1. The molecule has 1 amide bonds. The van der Waals surface area contributed by atoms with Crippen LogP contribution >= 0.6 is 0 Å². The van der Waals surface area contributed by atoms with E-state index in [1.165, 1.54) is 5.56 Å². The number of nitrogens with one attached hydrogen (secondary N) is 2. The molecule has 8 nitrogen and oxygen atoms in total. The van der Waals surface area contributed by atoms with E-state index in [1.54, 1.807) is 6.20 Å². The Morgan fingerprint density at radius 3 is 2.65 bits per heavy atom. The number of likely N-dealkylation sites (N-methyl/N-ethyl adjacent to an activating group) is 1. The number of aromatic amines is 1. The maximum absolute atomic E-state index is 12.9. The molecule has 8 heteroatoms. The summed E-state index contributed by atoms with van der Waals surface area (Å²) in [6.07, 6.45) is 6.34. The van der Waals surface area contributed by atoms with Crippen molar-refractivity contribution in [1.82, 2.24) is 30.0 Å². The molecule has 5 rings (SSSR count). The first-order valence-corrected chi connectivity index (χ1v) is 11.7. The third-order valence-corrected chi connectivity index (χ3v) is 6.35. The molecular weight excluding hydrogens is 426 g/mol.